The van der Waals surface area contributed by atoms with Gasteiger partial charge in [-0.3, -0.25) is 0 Å². The third kappa shape index (κ3) is 0.994. The minimum atomic E-state index is 0.443. The van der Waals surface area contributed by atoms with Crippen LogP contribution >= 0.6 is 11.3 Å². The van der Waals surface area contributed by atoms with E-state index in [0.717, 1.165) is 15.0 Å². The Bertz CT molecular complexity index is 429. The maximum Gasteiger partial charge on any atom is 0.137 e. The summed E-state index contributed by atoms with van der Waals surface area (Å²) in [5, 5.41) is 10.6. The van der Waals surface area contributed by atoms with Crippen molar-refractivity contribution in [2.24, 2.45) is 0 Å². The van der Waals surface area contributed by atoms with Crippen molar-refractivity contribution in [2.45, 2.75) is 13.8 Å². The van der Waals surface area contributed by atoms with Crippen molar-refractivity contribution in [1.29, 1.82) is 0 Å². The molecule has 2 aromatic rings. The molecule has 0 bridgehead atoms. The Kier molecular flexibility index (Phi) is 1.58. The van der Waals surface area contributed by atoms with Crippen molar-refractivity contribution in [2.75, 3.05) is 0 Å². The first-order valence-corrected chi connectivity index (χ1v) is 4.69. The zero-order valence-electron chi connectivity index (χ0n) is 7.09. The smallest absolute Gasteiger partial charge is 0.137 e. The monoisotopic (exact) mass is 178 g/mol. The van der Waals surface area contributed by atoms with Gasteiger partial charge in [-0.25, -0.2) is 0 Å². The molecule has 0 aliphatic carbocycles. The Labute approximate surface area is 75.3 Å². The molecule has 0 spiro atoms. The molecule has 0 fully saturated rings. The Balaban J connectivity index is 2.88. The van der Waals surface area contributed by atoms with E-state index in [1.807, 2.05) is 19.9 Å². The minimum Gasteiger partial charge on any atom is -0.506 e. The molecule has 12 heavy (non-hydrogen) atoms. The van der Waals surface area contributed by atoms with Crippen molar-refractivity contribution in [1.82, 2.24) is 0 Å². The second-order valence-electron chi connectivity index (χ2n) is 3.01. The van der Waals surface area contributed by atoms with Crippen LogP contribution in [-0.4, -0.2) is 5.11 Å². The molecular weight excluding hydrogens is 168 g/mol. The normalized spacial score (nSPS) is 10.8. The van der Waals surface area contributed by atoms with Gasteiger partial charge in [-0.2, -0.15) is 0 Å². The molecule has 62 valence electrons. The van der Waals surface area contributed by atoms with Crippen LogP contribution in [-0.2, 0) is 0 Å². The van der Waals surface area contributed by atoms with Gasteiger partial charge in [0, 0.05) is 15.0 Å². The summed E-state index contributed by atoms with van der Waals surface area (Å²) in [7, 11) is 0. The van der Waals surface area contributed by atoms with Crippen LogP contribution in [0.1, 0.15) is 10.4 Å². The summed E-state index contributed by atoms with van der Waals surface area (Å²) in [5.74, 6) is 0.443. The zero-order chi connectivity index (χ0) is 8.72. The Morgan fingerprint density at radius 1 is 1.25 bits per heavy atom. The molecule has 1 N–H and O–H groups in total. The minimum absolute atomic E-state index is 0.443. The maximum absolute atomic E-state index is 9.63. The predicted octanol–water partition coefficient (Wildman–Crippen LogP) is 3.22. The molecule has 0 aliphatic heterocycles. The highest BCUT2D eigenvalue weighted by molar-refractivity contribution is 7.19. The number of hydrogen-bond acceptors (Lipinski definition) is 2. The number of hydrogen-bond donors (Lipinski definition) is 1. The average molecular weight is 178 g/mol. The van der Waals surface area contributed by atoms with Gasteiger partial charge in [0.15, 0.2) is 0 Å². The van der Waals surface area contributed by atoms with E-state index in [1.54, 1.807) is 11.3 Å². The zero-order valence-corrected chi connectivity index (χ0v) is 7.90. The van der Waals surface area contributed by atoms with Crippen molar-refractivity contribution in [3.63, 3.8) is 0 Å². The van der Waals surface area contributed by atoms with Crippen LogP contribution < -0.4 is 0 Å². The quantitative estimate of drug-likeness (QED) is 0.656. The first-order valence-electron chi connectivity index (χ1n) is 3.87. The summed E-state index contributed by atoms with van der Waals surface area (Å²) in [5.41, 5.74) is 1.19. The van der Waals surface area contributed by atoms with E-state index in [0.29, 0.717) is 5.75 Å². The molecular formula is C10H10OS. The molecule has 1 aromatic carbocycles. The predicted molar refractivity (Wildman–Crippen MR) is 53.0 cm³/mol. The molecule has 2 rings (SSSR count). The van der Waals surface area contributed by atoms with E-state index >= 15 is 0 Å². The van der Waals surface area contributed by atoms with E-state index in [9.17, 15) is 5.11 Å². The molecule has 2 heteroatoms. The summed E-state index contributed by atoms with van der Waals surface area (Å²) in [6.45, 7) is 3.97. The number of fused-ring (bicyclic) bond motifs is 1. The highest BCUT2D eigenvalue weighted by Crippen LogP contribution is 2.36. The molecule has 1 nitrogen and oxygen atoms in total. The van der Waals surface area contributed by atoms with E-state index in [2.05, 4.69) is 12.1 Å². The second kappa shape index (κ2) is 2.49. The van der Waals surface area contributed by atoms with Gasteiger partial charge in [0.05, 0.1) is 0 Å². The molecule has 0 amide bonds. The molecule has 0 saturated carbocycles. The standard InChI is InChI=1S/C10H10OS/c1-6-3-4-9-8(5-6)10(11)7(2)12-9/h3-5,11H,1-2H3. The lowest BCUT2D eigenvalue weighted by Gasteiger charge is -1.92. The summed E-state index contributed by atoms with van der Waals surface area (Å²) in [6, 6.07) is 6.15. The number of aryl methyl sites for hydroxylation is 2. The van der Waals surface area contributed by atoms with Gasteiger partial charge in [-0.1, -0.05) is 11.6 Å². The van der Waals surface area contributed by atoms with Gasteiger partial charge in [0.25, 0.3) is 0 Å². The van der Waals surface area contributed by atoms with Crippen LogP contribution in [0.2, 0.25) is 0 Å². The Hall–Kier alpha value is -1.02. The lowest BCUT2D eigenvalue weighted by Crippen LogP contribution is -1.69. The summed E-state index contributed by atoms with van der Waals surface area (Å²) < 4.78 is 1.16. The van der Waals surface area contributed by atoms with Crippen LogP contribution in [0.3, 0.4) is 0 Å². The van der Waals surface area contributed by atoms with Crippen molar-refractivity contribution < 1.29 is 5.11 Å². The highest BCUT2D eigenvalue weighted by Gasteiger charge is 2.06. The SMILES string of the molecule is Cc1ccc2sc(C)c(O)c2c1. The van der Waals surface area contributed by atoms with Crippen LogP contribution in [0.15, 0.2) is 18.2 Å². The molecule has 0 radical (unpaired) electrons. The maximum atomic E-state index is 9.63. The molecule has 0 atom stereocenters. The second-order valence-corrected chi connectivity index (χ2v) is 4.26. The molecule has 0 saturated heterocycles. The van der Waals surface area contributed by atoms with Gasteiger partial charge < -0.3 is 5.11 Å². The number of thiophene rings is 1. The molecule has 1 aromatic heterocycles. The van der Waals surface area contributed by atoms with Crippen LogP contribution in [0.25, 0.3) is 10.1 Å². The fourth-order valence-electron chi connectivity index (χ4n) is 1.32. The third-order valence-electron chi connectivity index (χ3n) is 1.99. The largest absolute Gasteiger partial charge is 0.506 e. The van der Waals surface area contributed by atoms with Crippen molar-refractivity contribution in [3.8, 4) is 5.75 Å². The first-order chi connectivity index (χ1) is 5.68. The number of aromatic hydroxyl groups is 1. The van der Waals surface area contributed by atoms with E-state index < -0.39 is 0 Å². The lowest BCUT2D eigenvalue weighted by atomic mass is 10.2. The molecule has 1 heterocycles. The average Bonchev–Trinajstić information content (AvgIpc) is 2.31. The first kappa shape index (κ1) is 7.62. The Morgan fingerprint density at radius 3 is 2.75 bits per heavy atom. The number of benzene rings is 1. The fraction of sp³-hybridized carbons (Fsp3) is 0.200. The van der Waals surface area contributed by atoms with Gasteiger partial charge in [-0.05, 0) is 26.0 Å². The van der Waals surface area contributed by atoms with Crippen molar-refractivity contribution >= 4 is 21.4 Å². The lowest BCUT2D eigenvalue weighted by molar-refractivity contribution is 0.480. The summed E-state index contributed by atoms with van der Waals surface area (Å²) in [6.07, 6.45) is 0. The van der Waals surface area contributed by atoms with Crippen LogP contribution in [0, 0.1) is 13.8 Å². The van der Waals surface area contributed by atoms with Gasteiger partial charge in [-0.15, -0.1) is 11.3 Å². The van der Waals surface area contributed by atoms with Gasteiger partial charge in [0.2, 0.25) is 0 Å². The van der Waals surface area contributed by atoms with Crippen molar-refractivity contribution in [3.05, 3.63) is 28.6 Å². The number of rotatable bonds is 0. The van der Waals surface area contributed by atoms with Gasteiger partial charge in [0.1, 0.15) is 5.75 Å². The van der Waals surface area contributed by atoms with Crippen LogP contribution in [0.4, 0.5) is 0 Å². The van der Waals surface area contributed by atoms with E-state index in [-0.39, 0.29) is 0 Å². The van der Waals surface area contributed by atoms with E-state index in [4.69, 9.17) is 0 Å². The fourth-order valence-corrected chi connectivity index (χ4v) is 2.26. The molecule has 0 unspecified atom stereocenters. The third-order valence-corrected chi connectivity index (χ3v) is 3.06. The topological polar surface area (TPSA) is 20.2 Å². The molecule has 0 aliphatic rings. The highest BCUT2D eigenvalue weighted by atomic mass is 32.1. The van der Waals surface area contributed by atoms with Crippen LogP contribution in [0.5, 0.6) is 5.75 Å². The Morgan fingerprint density at radius 2 is 2.00 bits per heavy atom. The summed E-state index contributed by atoms with van der Waals surface area (Å²) in [4.78, 5) is 0.996. The van der Waals surface area contributed by atoms with E-state index in [1.165, 1.54) is 5.56 Å². The van der Waals surface area contributed by atoms with Gasteiger partial charge >= 0.3 is 0 Å². The summed E-state index contributed by atoms with van der Waals surface area (Å²) >= 11 is 1.64.